The Bertz CT molecular complexity index is 530. The van der Waals surface area contributed by atoms with Gasteiger partial charge >= 0.3 is 0 Å². The number of hydrogen-bond donors (Lipinski definition) is 1. The maximum absolute atomic E-state index is 4.73. The van der Waals surface area contributed by atoms with E-state index in [4.69, 9.17) is 4.98 Å². The summed E-state index contributed by atoms with van der Waals surface area (Å²) in [5.74, 6) is 1.03. The molecule has 0 aliphatic carbocycles. The summed E-state index contributed by atoms with van der Waals surface area (Å²) >= 11 is 0. The van der Waals surface area contributed by atoms with E-state index < -0.39 is 0 Å². The van der Waals surface area contributed by atoms with Gasteiger partial charge in [-0.05, 0) is 38.1 Å². The highest BCUT2D eigenvalue weighted by molar-refractivity contribution is 5.77. The third kappa shape index (κ3) is 3.56. The number of imidazole rings is 1. The Morgan fingerprint density at radius 1 is 1.10 bits per heavy atom. The number of H-pyrrole nitrogens is 1. The summed E-state index contributed by atoms with van der Waals surface area (Å²) in [6, 6.07) is 8.28. The average Bonchev–Trinajstić information content (AvgIpc) is 2.80. The zero-order valence-corrected chi connectivity index (χ0v) is 13.0. The van der Waals surface area contributed by atoms with Crippen LogP contribution in [-0.2, 0) is 0 Å². The first-order chi connectivity index (χ1) is 10.4. The molecule has 2 heterocycles. The van der Waals surface area contributed by atoms with E-state index in [2.05, 4.69) is 39.9 Å². The quantitative estimate of drug-likeness (QED) is 0.857. The second kappa shape index (κ2) is 6.94. The second-order valence-corrected chi connectivity index (χ2v) is 5.97. The number of nitrogens with zero attached hydrogens (tertiary/aromatic N) is 3. The molecule has 1 aromatic carbocycles. The molecule has 21 heavy (non-hydrogen) atoms. The van der Waals surface area contributed by atoms with Gasteiger partial charge in [0.1, 0.15) is 0 Å². The molecule has 1 aromatic heterocycles. The van der Waals surface area contributed by atoms with Gasteiger partial charge in [-0.25, -0.2) is 4.98 Å². The summed E-state index contributed by atoms with van der Waals surface area (Å²) in [6.07, 6.45) is 5.22. The first kappa shape index (κ1) is 14.4. The van der Waals surface area contributed by atoms with Crippen molar-refractivity contribution in [3.8, 4) is 0 Å². The van der Waals surface area contributed by atoms with Gasteiger partial charge in [-0.2, -0.15) is 0 Å². The summed E-state index contributed by atoms with van der Waals surface area (Å²) in [5.41, 5.74) is 2.20. The molecule has 3 rings (SSSR count). The van der Waals surface area contributed by atoms with Gasteiger partial charge in [-0.15, -0.1) is 0 Å². The van der Waals surface area contributed by atoms with Crippen LogP contribution in [0.2, 0.25) is 0 Å². The minimum absolute atomic E-state index is 1.03. The molecule has 0 spiro atoms. The lowest BCUT2D eigenvalue weighted by atomic mass is 10.2. The maximum Gasteiger partial charge on any atom is 0.203 e. The molecule has 4 heteroatoms. The fraction of sp³-hybridized carbons (Fsp3) is 0.588. The third-order valence-electron chi connectivity index (χ3n) is 4.34. The highest BCUT2D eigenvalue weighted by Crippen LogP contribution is 2.18. The Hall–Kier alpha value is -1.55. The molecule has 1 saturated heterocycles. The van der Waals surface area contributed by atoms with Crippen LogP contribution in [0.4, 0.5) is 5.95 Å². The fourth-order valence-corrected chi connectivity index (χ4v) is 3.08. The number of fused-ring (bicyclic) bond motifs is 1. The summed E-state index contributed by atoms with van der Waals surface area (Å²) < 4.78 is 0. The van der Waals surface area contributed by atoms with Crippen LogP contribution in [0, 0.1) is 0 Å². The van der Waals surface area contributed by atoms with E-state index in [1.54, 1.807) is 0 Å². The van der Waals surface area contributed by atoms with Crippen LogP contribution in [0.3, 0.4) is 0 Å². The molecule has 0 radical (unpaired) electrons. The van der Waals surface area contributed by atoms with Gasteiger partial charge in [0.05, 0.1) is 11.0 Å². The number of aromatic nitrogens is 2. The van der Waals surface area contributed by atoms with Crippen LogP contribution in [0.1, 0.15) is 32.6 Å². The summed E-state index contributed by atoms with van der Waals surface area (Å²) in [6.45, 7) is 8.07. The molecule has 1 aliphatic heterocycles. The predicted octanol–water partition coefficient (Wildman–Crippen LogP) is 3.27. The second-order valence-electron chi connectivity index (χ2n) is 5.97. The molecule has 114 valence electrons. The van der Waals surface area contributed by atoms with Crippen LogP contribution in [-0.4, -0.2) is 47.6 Å². The van der Waals surface area contributed by atoms with Crippen molar-refractivity contribution in [3.63, 3.8) is 0 Å². The van der Waals surface area contributed by atoms with Crippen molar-refractivity contribution in [3.05, 3.63) is 24.3 Å². The molecule has 0 bridgehead atoms. The molecule has 1 N–H and O–H groups in total. The molecule has 0 unspecified atom stereocenters. The van der Waals surface area contributed by atoms with Crippen molar-refractivity contribution in [1.29, 1.82) is 0 Å². The van der Waals surface area contributed by atoms with Crippen molar-refractivity contribution >= 4 is 17.0 Å². The number of aromatic amines is 1. The van der Waals surface area contributed by atoms with E-state index in [0.29, 0.717) is 0 Å². The Labute approximate surface area is 127 Å². The number of anilines is 1. The molecule has 4 nitrogen and oxygen atoms in total. The normalized spacial score (nSPS) is 17.3. The lowest BCUT2D eigenvalue weighted by Crippen LogP contribution is -2.31. The SMILES string of the molecule is CCCCCN1CCCN(c2nc3ccccc3[nH]2)CC1. The van der Waals surface area contributed by atoms with E-state index >= 15 is 0 Å². The summed E-state index contributed by atoms with van der Waals surface area (Å²) in [4.78, 5) is 13.2. The standard InChI is InChI=1S/C17H26N4/c1-2-3-6-10-20-11-7-12-21(14-13-20)17-18-15-8-4-5-9-16(15)19-17/h4-5,8-9H,2-3,6-7,10-14H2,1H3,(H,18,19). The predicted molar refractivity (Wildman–Crippen MR) is 88.9 cm³/mol. The van der Waals surface area contributed by atoms with Gasteiger partial charge < -0.3 is 14.8 Å². The molecule has 0 amide bonds. The minimum Gasteiger partial charge on any atom is -0.341 e. The largest absolute Gasteiger partial charge is 0.341 e. The number of unbranched alkanes of at least 4 members (excludes halogenated alkanes) is 2. The molecular weight excluding hydrogens is 260 g/mol. The van der Waals surface area contributed by atoms with Crippen molar-refractivity contribution in [2.24, 2.45) is 0 Å². The number of para-hydroxylation sites is 2. The van der Waals surface area contributed by atoms with E-state index in [9.17, 15) is 0 Å². The lowest BCUT2D eigenvalue weighted by Gasteiger charge is -2.21. The Balaban J connectivity index is 1.61. The third-order valence-corrected chi connectivity index (χ3v) is 4.34. The van der Waals surface area contributed by atoms with E-state index in [-0.39, 0.29) is 0 Å². The van der Waals surface area contributed by atoms with Crippen LogP contribution >= 0.6 is 0 Å². The van der Waals surface area contributed by atoms with Crippen molar-refractivity contribution in [2.45, 2.75) is 32.6 Å². The maximum atomic E-state index is 4.73. The first-order valence-electron chi connectivity index (χ1n) is 8.29. The zero-order valence-electron chi connectivity index (χ0n) is 13.0. The van der Waals surface area contributed by atoms with Gasteiger partial charge in [0.15, 0.2) is 0 Å². The van der Waals surface area contributed by atoms with Gasteiger partial charge in [0.2, 0.25) is 5.95 Å². The van der Waals surface area contributed by atoms with Crippen molar-refractivity contribution in [2.75, 3.05) is 37.6 Å². The highest BCUT2D eigenvalue weighted by Gasteiger charge is 2.17. The monoisotopic (exact) mass is 286 g/mol. The molecule has 2 aromatic rings. The smallest absolute Gasteiger partial charge is 0.203 e. The topological polar surface area (TPSA) is 35.2 Å². The van der Waals surface area contributed by atoms with E-state index in [0.717, 1.165) is 36.6 Å². The molecule has 0 saturated carbocycles. The van der Waals surface area contributed by atoms with Crippen molar-refractivity contribution < 1.29 is 0 Å². The van der Waals surface area contributed by atoms with Gasteiger partial charge in [0, 0.05) is 19.6 Å². The molecule has 0 atom stereocenters. The summed E-state index contributed by atoms with van der Waals surface area (Å²) in [5, 5.41) is 0. The van der Waals surface area contributed by atoms with Crippen molar-refractivity contribution in [1.82, 2.24) is 14.9 Å². The number of benzene rings is 1. The molecule has 1 fully saturated rings. The Morgan fingerprint density at radius 3 is 2.86 bits per heavy atom. The fourth-order valence-electron chi connectivity index (χ4n) is 3.08. The van der Waals surface area contributed by atoms with E-state index in [1.807, 2.05) is 6.07 Å². The molecule has 1 aliphatic rings. The van der Waals surface area contributed by atoms with Crippen LogP contribution in [0.25, 0.3) is 11.0 Å². The van der Waals surface area contributed by atoms with Gasteiger partial charge in [0.25, 0.3) is 0 Å². The zero-order chi connectivity index (χ0) is 14.5. The Morgan fingerprint density at radius 2 is 2.00 bits per heavy atom. The summed E-state index contributed by atoms with van der Waals surface area (Å²) in [7, 11) is 0. The minimum atomic E-state index is 1.03. The number of nitrogens with one attached hydrogen (secondary N) is 1. The lowest BCUT2D eigenvalue weighted by molar-refractivity contribution is 0.286. The van der Waals surface area contributed by atoms with Crippen LogP contribution < -0.4 is 4.90 Å². The average molecular weight is 286 g/mol. The van der Waals surface area contributed by atoms with Crippen LogP contribution in [0.15, 0.2) is 24.3 Å². The molecular formula is C17H26N4. The van der Waals surface area contributed by atoms with Gasteiger partial charge in [-0.1, -0.05) is 31.9 Å². The van der Waals surface area contributed by atoms with E-state index in [1.165, 1.54) is 38.8 Å². The van der Waals surface area contributed by atoms with Gasteiger partial charge in [-0.3, -0.25) is 0 Å². The highest BCUT2D eigenvalue weighted by atomic mass is 15.3. The Kier molecular flexibility index (Phi) is 4.76. The first-order valence-corrected chi connectivity index (χ1v) is 8.29. The number of rotatable bonds is 5. The van der Waals surface area contributed by atoms with Crippen LogP contribution in [0.5, 0.6) is 0 Å². The number of hydrogen-bond acceptors (Lipinski definition) is 3.